The molecule has 118 valence electrons. The molecule has 1 N–H and O–H groups in total. The topological polar surface area (TPSA) is 63.2 Å². The van der Waals surface area contributed by atoms with Crippen molar-refractivity contribution in [3.63, 3.8) is 0 Å². The molecule has 1 rings (SSSR count). The average Bonchev–Trinajstić information content (AvgIpc) is 2.29. The van der Waals surface area contributed by atoms with Crippen LogP contribution in [-0.4, -0.2) is 20.9 Å². The molecule has 7 heteroatoms. The number of benzene rings is 1. The largest absolute Gasteiger partial charge is 0.352 e. The van der Waals surface area contributed by atoms with Gasteiger partial charge in [0.2, 0.25) is 0 Å². The normalized spacial score (nSPS) is 12.3. The first kappa shape index (κ1) is 18.5. The second kappa shape index (κ2) is 6.67. The average molecular weight is 397 g/mol. The van der Waals surface area contributed by atoms with Crippen LogP contribution < -0.4 is 5.32 Å². The van der Waals surface area contributed by atoms with Gasteiger partial charge in [-0.15, -0.1) is 0 Å². The summed E-state index contributed by atoms with van der Waals surface area (Å²) >= 11 is 3.25. The van der Waals surface area contributed by atoms with Crippen LogP contribution in [0.2, 0.25) is 0 Å². The van der Waals surface area contributed by atoms with Gasteiger partial charge in [-0.3, -0.25) is 4.79 Å². The van der Waals surface area contributed by atoms with Gasteiger partial charge >= 0.3 is 0 Å². The van der Waals surface area contributed by atoms with Gasteiger partial charge in [-0.25, -0.2) is 8.42 Å². The van der Waals surface area contributed by atoms with Gasteiger partial charge in [0.15, 0.2) is 0 Å². The number of nitrogens with one attached hydrogen (secondary N) is 1. The standard InChI is InChI=1S/C14H19BrClNO3S/c1-9-11(15)7-10(8-12(9)21(16,19)20)13(18)17-6-5-14(2,3)4/h7-8H,5-6H2,1-4H3,(H,17,18). The van der Waals surface area contributed by atoms with E-state index in [1.807, 2.05) is 0 Å². The molecule has 0 aliphatic rings. The highest BCUT2D eigenvalue weighted by molar-refractivity contribution is 9.10. The Bertz CT molecular complexity index is 651. The van der Waals surface area contributed by atoms with Crippen molar-refractivity contribution in [2.75, 3.05) is 6.54 Å². The molecule has 0 spiro atoms. The summed E-state index contributed by atoms with van der Waals surface area (Å²) in [5.41, 5.74) is 0.864. The zero-order valence-corrected chi connectivity index (χ0v) is 15.6. The minimum atomic E-state index is -3.89. The van der Waals surface area contributed by atoms with Gasteiger partial charge in [0.25, 0.3) is 15.0 Å². The summed E-state index contributed by atoms with van der Waals surface area (Å²) in [5.74, 6) is -0.318. The van der Waals surface area contributed by atoms with Crippen LogP contribution in [0.3, 0.4) is 0 Å². The lowest BCUT2D eigenvalue weighted by atomic mass is 9.92. The molecule has 0 unspecified atom stereocenters. The Morgan fingerprint density at radius 3 is 2.38 bits per heavy atom. The third kappa shape index (κ3) is 5.60. The Balaban J connectivity index is 2.99. The molecule has 4 nitrogen and oxygen atoms in total. The Morgan fingerprint density at radius 2 is 1.90 bits per heavy atom. The molecular formula is C14H19BrClNO3S. The minimum absolute atomic E-state index is 0.0560. The van der Waals surface area contributed by atoms with Crippen LogP contribution in [-0.2, 0) is 9.05 Å². The van der Waals surface area contributed by atoms with Crippen LogP contribution >= 0.6 is 26.6 Å². The first-order chi connectivity index (χ1) is 9.42. The van der Waals surface area contributed by atoms with E-state index in [-0.39, 0.29) is 21.8 Å². The monoisotopic (exact) mass is 395 g/mol. The number of hydrogen-bond acceptors (Lipinski definition) is 3. The molecule has 0 bridgehead atoms. The van der Waals surface area contributed by atoms with Gasteiger partial charge in [0.1, 0.15) is 0 Å². The highest BCUT2D eigenvalue weighted by atomic mass is 79.9. The number of rotatable bonds is 4. The third-order valence-corrected chi connectivity index (χ3v) is 5.25. The van der Waals surface area contributed by atoms with Crippen LogP contribution in [0.5, 0.6) is 0 Å². The van der Waals surface area contributed by atoms with Crippen LogP contribution in [0.15, 0.2) is 21.5 Å². The molecule has 21 heavy (non-hydrogen) atoms. The van der Waals surface area contributed by atoms with E-state index >= 15 is 0 Å². The second-order valence-electron chi connectivity index (χ2n) is 6.09. The number of hydrogen-bond donors (Lipinski definition) is 1. The molecule has 0 saturated heterocycles. The van der Waals surface area contributed by atoms with E-state index in [2.05, 4.69) is 42.0 Å². The highest BCUT2D eigenvalue weighted by Gasteiger charge is 2.19. The van der Waals surface area contributed by atoms with Crippen molar-refractivity contribution in [1.82, 2.24) is 5.32 Å². The maximum Gasteiger partial charge on any atom is 0.261 e. The van der Waals surface area contributed by atoms with Crippen molar-refractivity contribution in [1.29, 1.82) is 0 Å². The Labute approximate surface area is 138 Å². The summed E-state index contributed by atoms with van der Waals surface area (Å²) in [5, 5.41) is 2.78. The predicted molar refractivity (Wildman–Crippen MR) is 88.3 cm³/mol. The molecule has 0 saturated carbocycles. The fourth-order valence-corrected chi connectivity index (χ4v) is 3.51. The fourth-order valence-electron chi connectivity index (χ4n) is 1.69. The Kier molecular flexibility index (Phi) is 5.86. The predicted octanol–water partition coefficient (Wildman–Crippen LogP) is 3.85. The molecule has 1 aromatic carbocycles. The quantitative estimate of drug-likeness (QED) is 0.786. The van der Waals surface area contributed by atoms with E-state index in [1.54, 1.807) is 13.0 Å². The molecule has 0 aromatic heterocycles. The highest BCUT2D eigenvalue weighted by Crippen LogP contribution is 2.28. The Hall–Kier alpha value is -0.590. The molecule has 0 fully saturated rings. The van der Waals surface area contributed by atoms with Crippen molar-refractivity contribution in [3.05, 3.63) is 27.7 Å². The van der Waals surface area contributed by atoms with Gasteiger partial charge in [-0.2, -0.15) is 0 Å². The molecule has 1 aromatic rings. The summed E-state index contributed by atoms with van der Waals surface area (Å²) in [6.07, 6.45) is 0.826. The SMILES string of the molecule is Cc1c(Br)cc(C(=O)NCCC(C)(C)C)cc1S(=O)(=O)Cl. The molecule has 0 atom stereocenters. The van der Waals surface area contributed by atoms with Gasteiger partial charge in [-0.05, 0) is 36.5 Å². The molecule has 1 amide bonds. The number of carbonyl (C=O) groups excluding carboxylic acids is 1. The first-order valence-electron chi connectivity index (χ1n) is 6.45. The number of carbonyl (C=O) groups is 1. The molecule has 0 radical (unpaired) electrons. The lowest BCUT2D eigenvalue weighted by Gasteiger charge is -2.18. The minimum Gasteiger partial charge on any atom is -0.352 e. The van der Waals surface area contributed by atoms with Gasteiger partial charge in [0, 0.05) is 27.3 Å². The Morgan fingerprint density at radius 1 is 1.33 bits per heavy atom. The molecule has 0 heterocycles. The summed E-state index contributed by atoms with van der Waals surface area (Å²) in [6.45, 7) is 8.40. The van der Waals surface area contributed by atoms with E-state index in [0.29, 0.717) is 16.6 Å². The molecule has 0 aliphatic carbocycles. The second-order valence-corrected chi connectivity index (χ2v) is 9.47. The van der Waals surface area contributed by atoms with Crippen LogP contribution in [0.4, 0.5) is 0 Å². The van der Waals surface area contributed by atoms with Crippen molar-refractivity contribution < 1.29 is 13.2 Å². The molecule has 0 aliphatic heterocycles. The number of amides is 1. The van der Waals surface area contributed by atoms with E-state index < -0.39 is 9.05 Å². The van der Waals surface area contributed by atoms with Crippen LogP contribution in [0, 0.1) is 12.3 Å². The summed E-state index contributed by atoms with van der Waals surface area (Å²) in [7, 11) is 1.50. The smallest absolute Gasteiger partial charge is 0.261 e. The molecular weight excluding hydrogens is 378 g/mol. The van der Waals surface area contributed by atoms with Crippen LogP contribution in [0.25, 0.3) is 0 Å². The lowest BCUT2D eigenvalue weighted by Crippen LogP contribution is -2.27. The van der Waals surface area contributed by atoms with E-state index in [9.17, 15) is 13.2 Å². The van der Waals surface area contributed by atoms with Crippen molar-refractivity contribution in [2.45, 2.75) is 39.0 Å². The lowest BCUT2D eigenvalue weighted by molar-refractivity contribution is 0.0949. The van der Waals surface area contributed by atoms with Crippen molar-refractivity contribution in [2.24, 2.45) is 5.41 Å². The maximum absolute atomic E-state index is 12.1. The summed E-state index contributed by atoms with van der Waals surface area (Å²) in [6, 6.07) is 2.89. The third-order valence-electron chi connectivity index (χ3n) is 2.98. The van der Waals surface area contributed by atoms with Crippen LogP contribution in [0.1, 0.15) is 43.1 Å². The zero-order valence-electron chi connectivity index (χ0n) is 12.5. The van der Waals surface area contributed by atoms with Gasteiger partial charge in [-0.1, -0.05) is 36.7 Å². The van der Waals surface area contributed by atoms with Crippen molar-refractivity contribution in [3.8, 4) is 0 Å². The van der Waals surface area contributed by atoms with E-state index in [4.69, 9.17) is 10.7 Å². The van der Waals surface area contributed by atoms with Gasteiger partial charge in [0.05, 0.1) is 4.90 Å². The number of halogens is 2. The zero-order chi connectivity index (χ0) is 16.4. The summed E-state index contributed by atoms with van der Waals surface area (Å²) < 4.78 is 23.6. The fraction of sp³-hybridized carbons (Fsp3) is 0.500. The first-order valence-corrected chi connectivity index (χ1v) is 9.55. The van der Waals surface area contributed by atoms with E-state index in [0.717, 1.165) is 6.42 Å². The summed E-state index contributed by atoms with van der Waals surface area (Å²) in [4.78, 5) is 12.0. The van der Waals surface area contributed by atoms with Crippen molar-refractivity contribution >= 4 is 41.6 Å². The van der Waals surface area contributed by atoms with Gasteiger partial charge < -0.3 is 5.32 Å². The maximum atomic E-state index is 12.1. The van der Waals surface area contributed by atoms with E-state index in [1.165, 1.54) is 6.07 Å².